The van der Waals surface area contributed by atoms with E-state index >= 15 is 0 Å². The van der Waals surface area contributed by atoms with Gasteiger partial charge < -0.3 is 4.90 Å². The van der Waals surface area contributed by atoms with E-state index in [0.29, 0.717) is 18.4 Å². The van der Waals surface area contributed by atoms with Crippen LogP contribution in [0.4, 0.5) is 0 Å². The van der Waals surface area contributed by atoms with Crippen LogP contribution in [-0.2, 0) is 11.3 Å². The zero-order chi connectivity index (χ0) is 15.3. The van der Waals surface area contributed by atoms with Gasteiger partial charge in [0.2, 0.25) is 5.91 Å². The maximum atomic E-state index is 12.0. The van der Waals surface area contributed by atoms with Crippen molar-refractivity contribution in [1.29, 1.82) is 0 Å². The van der Waals surface area contributed by atoms with Crippen molar-refractivity contribution in [3.8, 4) is 0 Å². The highest BCUT2D eigenvalue weighted by atomic mass is 16.2. The molecule has 1 unspecified atom stereocenters. The number of likely N-dealkylation sites (tertiary alicyclic amines) is 2. The molecule has 0 N–H and O–H groups in total. The highest BCUT2D eigenvalue weighted by Crippen LogP contribution is 2.38. The summed E-state index contributed by atoms with van der Waals surface area (Å²) >= 11 is 0. The first-order valence-corrected chi connectivity index (χ1v) is 8.19. The van der Waals surface area contributed by atoms with Gasteiger partial charge in [-0.25, -0.2) is 4.68 Å². The molecule has 0 bridgehead atoms. The molecule has 2 aliphatic heterocycles. The molecule has 1 aromatic rings. The lowest BCUT2D eigenvalue weighted by Crippen LogP contribution is -2.56. The smallest absolute Gasteiger partial charge is 0.266 e. The third-order valence-electron chi connectivity index (χ3n) is 5.14. The van der Waals surface area contributed by atoms with Gasteiger partial charge in [0.15, 0.2) is 0 Å². The van der Waals surface area contributed by atoms with Crippen LogP contribution in [0, 0.1) is 5.92 Å². The third-order valence-corrected chi connectivity index (χ3v) is 5.14. The zero-order valence-corrected chi connectivity index (χ0v) is 12.9. The number of carbonyl (C=O) groups is 1. The molecule has 3 heterocycles. The van der Waals surface area contributed by atoms with Gasteiger partial charge >= 0.3 is 0 Å². The molecular weight excluding hydrogens is 280 g/mol. The first kappa shape index (κ1) is 13.9. The molecule has 22 heavy (non-hydrogen) atoms. The standard InChI is InChI=1S/C16H22N4O2/c1-18-7-6-14(16(18)22)19-8-11(9-19)10-20-15(21)5-4-13(17-20)12-2-3-12/h4-5,11-12,14H,2-3,6-10H2,1H3. The van der Waals surface area contributed by atoms with E-state index < -0.39 is 0 Å². The van der Waals surface area contributed by atoms with E-state index in [4.69, 9.17) is 0 Å². The predicted molar refractivity (Wildman–Crippen MR) is 81.6 cm³/mol. The summed E-state index contributed by atoms with van der Waals surface area (Å²) in [6.45, 7) is 3.32. The van der Waals surface area contributed by atoms with Crippen LogP contribution in [0.1, 0.15) is 30.9 Å². The Labute approximate surface area is 129 Å². The van der Waals surface area contributed by atoms with Crippen LogP contribution in [0.5, 0.6) is 0 Å². The van der Waals surface area contributed by atoms with E-state index in [1.165, 1.54) is 12.8 Å². The second kappa shape index (κ2) is 5.19. The molecule has 118 valence electrons. The van der Waals surface area contributed by atoms with E-state index in [2.05, 4.69) is 10.00 Å². The molecule has 1 aliphatic carbocycles. The van der Waals surface area contributed by atoms with E-state index in [-0.39, 0.29) is 17.5 Å². The minimum atomic E-state index is -0.0143. The normalized spacial score (nSPS) is 26.5. The van der Waals surface area contributed by atoms with Crippen LogP contribution in [-0.4, -0.2) is 58.2 Å². The summed E-state index contributed by atoms with van der Waals surface area (Å²) in [7, 11) is 1.87. The minimum absolute atomic E-state index is 0.0143. The molecule has 0 aromatic carbocycles. The second-order valence-electron chi connectivity index (χ2n) is 6.94. The fraction of sp³-hybridized carbons (Fsp3) is 0.688. The maximum absolute atomic E-state index is 12.0. The summed E-state index contributed by atoms with van der Waals surface area (Å²) in [5.41, 5.74) is 1.04. The number of carbonyl (C=O) groups excluding carboxylic acids is 1. The van der Waals surface area contributed by atoms with Gasteiger partial charge in [0.05, 0.1) is 18.3 Å². The Hall–Kier alpha value is -1.69. The van der Waals surface area contributed by atoms with Gasteiger partial charge in [0.25, 0.3) is 5.56 Å². The molecule has 6 heteroatoms. The molecule has 1 atom stereocenters. The van der Waals surface area contributed by atoms with Crippen molar-refractivity contribution in [2.75, 3.05) is 26.7 Å². The molecule has 3 fully saturated rings. The van der Waals surface area contributed by atoms with Crippen LogP contribution in [0.25, 0.3) is 0 Å². The van der Waals surface area contributed by atoms with E-state index in [1.54, 1.807) is 10.7 Å². The van der Waals surface area contributed by atoms with Crippen LogP contribution >= 0.6 is 0 Å². The second-order valence-corrected chi connectivity index (χ2v) is 6.94. The fourth-order valence-corrected chi connectivity index (χ4v) is 3.56. The third kappa shape index (κ3) is 2.45. The van der Waals surface area contributed by atoms with E-state index in [0.717, 1.165) is 31.7 Å². The largest absolute Gasteiger partial charge is 0.344 e. The number of rotatable bonds is 4. The van der Waals surface area contributed by atoms with Gasteiger partial charge in [-0.1, -0.05) is 0 Å². The lowest BCUT2D eigenvalue weighted by atomic mass is 9.97. The Balaban J connectivity index is 1.37. The molecule has 1 amide bonds. The number of hydrogen-bond donors (Lipinski definition) is 0. The number of likely N-dealkylation sites (N-methyl/N-ethyl adjacent to an activating group) is 1. The Morgan fingerprint density at radius 3 is 2.59 bits per heavy atom. The minimum Gasteiger partial charge on any atom is -0.344 e. The van der Waals surface area contributed by atoms with Gasteiger partial charge in [-0.3, -0.25) is 14.5 Å². The van der Waals surface area contributed by atoms with Gasteiger partial charge in [-0.2, -0.15) is 5.10 Å². The molecule has 1 saturated carbocycles. The van der Waals surface area contributed by atoms with Gasteiger partial charge in [-0.15, -0.1) is 0 Å². The number of amides is 1. The summed E-state index contributed by atoms with van der Waals surface area (Å²) in [4.78, 5) is 28.0. The van der Waals surface area contributed by atoms with E-state index in [1.807, 2.05) is 18.0 Å². The van der Waals surface area contributed by atoms with Crippen molar-refractivity contribution < 1.29 is 4.79 Å². The number of aromatic nitrogens is 2. The average Bonchev–Trinajstić information content (AvgIpc) is 3.25. The summed E-state index contributed by atoms with van der Waals surface area (Å²) in [5.74, 6) is 1.24. The van der Waals surface area contributed by atoms with Crippen molar-refractivity contribution in [1.82, 2.24) is 19.6 Å². The van der Waals surface area contributed by atoms with Crippen molar-refractivity contribution in [2.45, 2.75) is 37.8 Å². The van der Waals surface area contributed by atoms with Gasteiger partial charge in [-0.05, 0) is 25.3 Å². The van der Waals surface area contributed by atoms with Crippen LogP contribution in [0.15, 0.2) is 16.9 Å². The average molecular weight is 302 g/mol. The Morgan fingerprint density at radius 2 is 1.95 bits per heavy atom. The maximum Gasteiger partial charge on any atom is 0.266 e. The van der Waals surface area contributed by atoms with Crippen molar-refractivity contribution in [3.05, 3.63) is 28.2 Å². The summed E-state index contributed by atoms with van der Waals surface area (Å²) in [5, 5.41) is 4.52. The molecule has 6 nitrogen and oxygen atoms in total. The lowest BCUT2D eigenvalue weighted by Gasteiger charge is -2.42. The molecule has 3 aliphatic rings. The SMILES string of the molecule is CN1CCC(N2CC(Cn3nc(C4CC4)ccc3=O)C2)C1=O. The predicted octanol–water partition coefficient (Wildman–Crippen LogP) is 0.283. The summed E-state index contributed by atoms with van der Waals surface area (Å²) in [6.07, 6.45) is 3.32. The molecule has 1 aromatic heterocycles. The topological polar surface area (TPSA) is 58.4 Å². The first-order valence-electron chi connectivity index (χ1n) is 8.19. The van der Waals surface area contributed by atoms with Crippen LogP contribution < -0.4 is 5.56 Å². The van der Waals surface area contributed by atoms with Gasteiger partial charge in [0, 0.05) is 44.6 Å². The molecular formula is C16H22N4O2. The monoisotopic (exact) mass is 302 g/mol. The number of nitrogens with zero attached hydrogens (tertiary/aromatic N) is 4. The number of hydrogen-bond acceptors (Lipinski definition) is 4. The molecule has 0 radical (unpaired) electrons. The van der Waals surface area contributed by atoms with Crippen LogP contribution in [0.2, 0.25) is 0 Å². The quantitative estimate of drug-likeness (QED) is 0.802. The van der Waals surface area contributed by atoms with Crippen molar-refractivity contribution >= 4 is 5.91 Å². The summed E-state index contributed by atoms with van der Waals surface area (Å²) < 4.78 is 1.62. The fourth-order valence-electron chi connectivity index (χ4n) is 3.56. The molecule has 2 saturated heterocycles. The van der Waals surface area contributed by atoms with Crippen molar-refractivity contribution in [3.63, 3.8) is 0 Å². The van der Waals surface area contributed by atoms with E-state index in [9.17, 15) is 9.59 Å². The first-order chi connectivity index (χ1) is 10.6. The van der Waals surface area contributed by atoms with Crippen molar-refractivity contribution in [2.24, 2.45) is 5.92 Å². The highest BCUT2D eigenvalue weighted by molar-refractivity contribution is 5.83. The summed E-state index contributed by atoms with van der Waals surface area (Å²) in [6, 6.07) is 3.58. The Morgan fingerprint density at radius 1 is 1.18 bits per heavy atom. The highest BCUT2D eigenvalue weighted by Gasteiger charge is 2.40. The Bertz CT molecular complexity index is 646. The lowest BCUT2D eigenvalue weighted by molar-refractivity contribution is -0.133. The molecule has 4 rings (SSSR count). The van der Waals surface area contributed by atoms with Gasteiger partial charge in [0.1, 0.15) is 0 Å². The van der Waals surface area contributed by atoms with Crippen LogP contribution in [0.3, 0.4) is 0 Å². The zero-order valence-electron chi connectivity index (χ0n) is 12.9. The molecule has 0 spiro atoms. The Kier molecular flexibility index (Phi) is 3.29.